The highest BCUT2D eigenvalue weighted by Gasteiger charge is 2.43. The van der Waals surface area contributed by atoms with Crippen molar-refractivity contribution >= 4 is 50.9 Å². The zero-order valence-electron chi connectivity index (χ0n) is 18.9. The molecule has 8 nitrogen and oxygen atoms in total. The first-order chi connectivity index (χ1) is 16.0. The first kappa shape index (κ1) is 26.0. The lowest BCUT2D eigenvalue weighted by Crippen LogP contribution is -2.53. The van der Waals surface area contributed by atoms with Gasteiger partial charge in [0.15, 0.2) is 0 Å². The second kappa shape index (κ2) is 10.3. The van der Waals surface area contributed by atoms with Gasteiger partial charge >= 0.3 is 0 Å². The van der Waals surface area contributed by atoms with Gasteiger partial charge in [-0.05, 0) is 50.1 Å². The molecule has 1 aliphatic rings. The maximum absolute atomic E-state index is 13.5. The molecule has 1 aliphatic heterocycles. The van der Waals surface area contributed by atoms with E-state index >= 15 is 0 Å². The average molecular weight is 526 g/mol. The molecule has 0 spiro atoms. The van der Waals surface area contributed by atoms with Gasteiger partial charge in [0, 0.05) is 22.6 Å². The fraction of sp³-hybridized carbons (Fsp3) is 0.348. The van der Waals surface area contributed by atoms with Crippen LogP contribution in [0.25, 0.3) is 0 Å². The molecular formula is C23H25Cl2N3O5S. The van der Waals surface area contributed by atoms with Gasteiger partial charge < -0.3 is 10.2 Å². The van der Waals surface area contributed by atoms with Crippen molar-refractivity contribution in [1.82, 2.24) is 14.5 Å². The van der Waals surface area contributed by atoms with Gasteiger partial charge in [0.1, 0.15) is 17.5 Å². The average Bonchev–Trinajstić information content (AvgIpc) is 2.95. The molecule has 34 heavy (non-hydrogen) atoms. The van der Waals surface area contributed by atoms with Crippen LogP contribution in [0.2, 0.25) is 10.0 Å². The van der Waals surface area contributed by atoms with Crippen molar-refractivity contribution in [2.24, 2.45) is 0 Å². The Labute approximate surface area is 208 Å². The van der Waals surface area contributed by atoms with Crippen molar-refractivity contribution in [3.8, 4) is 0 Å². The van der Waals surface area contributed by atoms with Crippen molar-refractivity contribution in [3.05, 3.63) is 63.6 Å². The smallest absolute Gasteiger partial charge is 0.269 e. The lowest BCUT2D eigenvalue weighted by Gasteiger charge is -2.32. The first-order valence-electron chi connectivity index (χ1n) is 10.7. The third-order valence-electron chi connectivity index (χ3n) is 5.36. The molecule has 3 amide bonds. The third kappa shape index (κ3) is 5.21. The number of nitrogens with zero attached hydrogens (tertiary/aromatic N) is 2. The van der Waals surface area contributed by atoms with Gasteiger partial charge in [-0.3, -0.25) is 14.4 Å². The SMILES string of the molecule is CC[C@H](C(=O)NC(C)C)N(Cc1ccc(Cl)cc1Cl)C(=O)CN1C(=O)c2ccccc2S1(=O)=O. The minimum atomic E-state index is -4.19. The van der Waals surface area contributed by atoms with Gasteiger partial charge in [0.25, 0.3) is 15.9 Å². The minimum Gasteiger partial charge on any atom is -0.352 e. The van der Waals surface area contributed by atoms with Crippen LogP contribution in [0.4, 0.5) is 0 Å². The van der Waals surface area contributed by atoms with E-state index < -0.39 is 40.3 Å². The molecule has 0 aromatic heterocycles. The summed E-state index contributed by atoms with van der Waals surface area (Å²) in [6.07, 6.45) is 0.260. The van der Waals surface area contributed by atoms with E-state index in [2.05, 4.69) is 5.32 Å². The highest BCUT2D eigenvalue weighted by atomic mass is 35.5. The molecule has 11 heteroatoms. The molecule has 0 aliphatic carbocycles. The van der Waals surface area contributed by atoms with Crippen molar-refractivity contribution in [1.29, 1.82) is 0 Å². The molecule has 0 radical (unpaired) electrons. The normalized spacial score (nSPS) is 15.2. The summed E-state index contributed by atoms with van der Waals surface area (Å²) in [5, 5.41) is 3.48. The van der Waals surface area contributed by atoms with E-state index in [0.717, 1.165) is 0 Å². The summed E-state index contributed by atoms with van der Waals surface area (Å²) in [5.74, 6) is -1.88. The maximum Gasteiger partial charge on any atom is 0.269 e. The number of benzene rings is 2. The molecule has 0 saturated carbocycles. The topological polar surface area (TPSA) is 104 Å². The Kier molecular flexibility index (Phi) is 7.90. The van der Waals surface area contributed by atoms with Gasteiger partial charge in [0.05, 0.1) is 5.56 Å². The zero-order valence-corrected chi connectivity index (χ0v) is 21.2. The van der Waals surface area contributed by atoms with E-state index in [-0.39, 0.29) is 29.5 Å². The van der Waals surface area contributed by atoms with Crippen molar-refractivity contribution < 1.29 is 22.8 Å². The van der Waals surface area contributed by atoms with E-state index in [1.165, 1.54) is 29.2 Å². The Morgan fingerprint density at radius 1 is 1.12 bits per heavy atom. The highest BCUT2D eigenvalue weighted by Crippen LogP contribution is 2.30. The predicted octanol–water partition coefficient (Wildman–Crippen LogP) is 3.47. The molecule has 0 saturated heterocycles. The third-order valence-corrected chi connectivity index (χ3v) is 7.74. The number of fused-ring (bicyclic) bond motifs is 1. The Balaban J connectivity index is 1.96. The molecule has 3 rings (SSSR count). The first-order valence-corrected chi connectivity index (χ1v) is 12.9. The van der Waals surface area contributed by atoms with Crippen LogP contribution in [-0.4, -0.2) is 54.0 Å². The van der Waals surface area contributed by atoms with E-state index in [1.54, 1.807) is 39.0 Å². The molecule has 1 heterocycles. The van der Waals surface area contributed by atoms with Crippen LogP contribution in [0.3, 0.4) is 0 Å². The number of carbonyl (C=O) groups excluding carboxylic acids is 3. The van der Waals surface area contributed by atoms with Gasteiger partial charge in [-0.1, -0.05) is 48.3 Å². The minimum absolute atomic E-state index is 0.00666. The second-order valence-corrected chi connectivity index (χ2v) is 10.8. The van der Waals surface area contributed by atoms with Crippen LogP contribution < -0.4 is 5.32 Å². The fourth-order valence-corrected chi connectivity index (χ4v) is 5.72. The molecule has 2 aromatic carbocycles. The largest absolute Gasteiger partial charge is 0.352 e. The summed E-state index contributed by atoms with van der Waals surface area (Å²) in [6, 6.07) is 9.44. The Morgan fingerprint density at radius 3 is 2.38 bits per heavy atom. The van der Waals surface area contributed by atoms with Crippen molar-refractivity contribution in [2.45, 2.75) is 50.7 Å². The van der Waals surface area contributed by atoms with Crippen LogP contribution >= 0.6 is 23.2 Å². The number of hydrogen-bond acceptors (Lipinski definition) is 5. The molecule has 2 aromatic rings. The van der Waals surface area contributed by atoms with Gasteiger partial charge in [-0.25, -0.2) is 12.7 Å². The maximum atomic E-state index is 13.5. The van der Waals surface area contributed by atoms with Crippen LogP contribution in [0, 0.1) is 0 Å². The van der Waals surface area contributed by atoms with Crippen LogP contribution in [0.15, 0.2) is 47.4 Å². The molecule has 1 atom stereocenters. The number of carbonyl (C=O) groups is 3. The van der Waals surface area contributed by atoms with Gasteiger partial charge in [0.2, 0.25) is 11.8 Å². The summed E-state index contributed by atoms with van der Waals surface area (Å²) in [7, 11) is -4.19. The quantitative estimate of drug-likeness (QED) is 0.568. The van der Waals surface area contributed by atoms with E-state index in [0.29, 0.717) is 19.9 Å². The molecule has 0 unspecified atom stereocenters. The van der Waals surface area contributed by atoms with E-state index in [9.17, 15) is 22.8 Å². The van der Waals surface area contributed by atoms with Crippen LogP contribution in [0.1, 0.15) is 43.1 Å². The molecule has 0 fully saturated rings. The summed E-state index contributed by atoms with van der Waals surface area (Å²) in [5.41, 5.74) is 0.529. The monoisotopic (exact) mass is 525 g/mol. The van der Waals surface area contributed by atoms with Crippen LogP contribution in [-0.2, 0) is 26.2 Å². The summed E-state index contributed by atoms with van der Waals surface area (Å²) < 4.78 is 26.4. The number of rotatable bonds is 8. The van der Waals surface area contributed by atoms with Gasteiger partial charge in [-0.2, -0.15) is 0 Å². The van der Waals surface area contributed by atoms with Crippen LogP contribution in [0.5, 0.6) is 0 Å². The molecule has 0 bridgehead atoms. The summed E-state index contributed by atoms with van der Waals surface area (Å²) in [4.78, 5) is 40.3. The van der Waals surface area contributed by atoms with Crippen molar-refractivity contribution in [2.75, 3.05) is 6.54 Å². The molecular weight excluding hydrogens is 501 g/mol. The zero-order chi connectivity index (χ0) is 25.2. The second-order valence-electron chi connectivity index (χ2n) is 8.16. The summed E-state index contributed by atoms with van der Waals surface area (Å²) >= 11 is 12.3. The molecule has 182 valence electrons. The number of halogens is 2. The number of hydrogen-bond donors (Lipinski definition) is 1. The number of sulfonamides is 1. The Morgan fingerprint density at radius 2 is 1.79 bits per heavy atom. The lowest BCUT2D eigenvalue weighted by molar-refractivity contribution is -0.141. The standard InChI is InChI=1S/C23H25Cl2N3O5S/c1-4-19(22(30)26-14(2)3)27(12-15-9-10-16(24)11-18(15)25)21(29)13-28-23(31)17-7-5-6-8-20(17)34(28,32)33/h5-11,14,19H,4,12-13H2,1-3H3,(H,26,30)/t19-/m1/s1. The van der Waals surface area contributed by atoms with E-state index in [1.807, 2.05) is 0 Å². The number of amides is 3. The summed E-state index contributed by atoms with van der Waals surface area (Å²) in [6.45, 7) is 4.50. The Bertz CT molecular complexity index is 1230. The van der Waals surface area contributed by atoms with Gasteiger partial charge in [-0.15, -0.1) is 0 Å². The molecule has 1 N–H and O–H groups in total. The predicted molar refractivity (Wildman–Crippen MR) is 129 cm³/mol. The highest BCUT2D eigenvalue weighted by molar-refractivity contribution is 7.90. The number of nitrogens with one attached hydrogen (secondary N) is 1. The fourth-order valence-electron chi connectivity index (χ4n) is 3.73. The van der Waals surface area contributed by atoms with Crippen molar-refractivity contribution in [3.63, 3.8) is 0 Å². The lowest BCUT2D eigenvalue weighted by atomic mass is 10.1. The van der Waals surface area contributed by atoms with E-state index in [4.69, 9.17) is 23.2 Å². The Hall–Kier alpha value is -2.62.